The van der Waals surface area contributed by atoms with Crippen LogP contribution in [0.4, 0.5) is 5.13 Å². The van der Waals surface area contributed by atoms with Gasteiger partial charge in [0.25, 0.3) is 10.0 Å². The number of nitrogens with two attached hydrogens (primary N) is 1. The fourth-order valence-corrected chi connectivity index (χ4v) is 3.10. The monoisotopic (exact) mass is 273 g/mol. The van der Waals surface area contributed by atoms with E-state index in [1.807, 2.05) is 0 Å². The van der Waals surface area contributed by atoms with Crippen LogP contribution >= 0.6 is 11.3 Å². The number of sulfonamides is 1. The van der Waals surface area contributed by atoms with Gasteiger partial charge in [0.15, 0.2) is 0 Å². The van der Waals surface area contributed by atoms with Crippen molar-refractivity contribution in [3.8, 4) is 0 Å². The Morgan fingerprint density at radius 2 is 2.35 bits per heavy atom. The Morgan fingerprint density at radius 1 is 1.59 bits per heavy atom. The number of rotatable bonds is 4. The summed E-state index contributed by atoms with van der Waals surface area (Å²) >= 11 is 1.12. The minimum absolute atomic E-state index is 0.163. The van der Waals surface area contributed by atoms with Gasteiger partial charge in [0, 0.05) is 25.5 Å². The molecular weight excluding hydrogens is 262 g/mol. The normalized spacial score (nSPS) is 11.6. The number of anilines is 1. The molecule has 17 heavy (non-hydrogen) atoms. The lowest BCUT2D eigenvalue weighted by atomic mass is 10.4. The van der Waals surface area contributed by atoms with Crippen LogP contribution in [0.2, 0.25) is 0 Å². The van der Waals surface area contributed by atoms with Crippen molar-refractivity contribution in [1.82, 2.24) is 14.8 Å². The van der Waals surface area contributed by atoms with Crippen molar-refractivity contribution in [3.63, 3.8) is 0 Å². The second-order valence-corrected chi connectivity index (χ2v) is 5.85. The van der Waals surface area contributed by atoms with Gasteiger partial charge in [0.1, 0.15) is 10.4 Å². The average molecular weight is 273 g/mol. The van der Waals surface area contributed by atoms with Crippen LogP contribution < -0.4 is 10.5 Å². The topological polar surface area (TPSA) is 103 Å². The van der Waals surface area contributed by atoms with E-state index in [-0.39, 0.29) is 16.6 Å². The lowest BCUT2D eigenvalue weighted by molar-refractivity contribution is 0.601. The first-order chi connectivity index (χ1) is 8.03. The first kappa shape index (κ1) is 12.0. The predicted octanol–water partition coefficient (Wildman–Crippen LogP) is 0.136. The first-order valence-corrected chi connectivity index (χ1v) is 7.03. The Bertz CT molecular complexity index is 602. The third-order valence-electron chi connectivity index (χ3n) is 2.18. The molecular formula is C8H11N5O2S2. The summed E-state index contributed by atoms with van der Waals surface area (Å²) in [5.41, 5.74) is 7.68. The molecule has 0 bridgehead atoms. The van der Waals surface area contributed by atoms with Crippen molar-refractivity contribution in [3.05, 3.63) is 23.5 Å². The van der Waals surface area contributed by atoms with Crippen LogP contribution in [0, 0.1) is 0 Å². The number of aromatic nitrogens is 3. The number of aryl methyl sites for hydroxylation is 1. The van der Waals surface area contributed by atoms with E-state index in [1.54, 1.807) is 11.6 Å². The molecule has 0 radical (unpaired) electrons. The molecule has 7 nitrogen and oxygen atoms in total. The minimum Gasteiger partial charge on any atom is -0.352 e. The first-order valence-electron chi connectivity index (χ1n) is 4.67. The van der Waals surface area contributed by atoms with Crippen LogP contribution in [-0.2, 0) is 23.6 Å². The average Bonchev–Trinajstić information content (AvgIpc) is 2.87. The van der Waals surface area contributed by atoms with E-state index in [0.717, 1.165) is 17.0 Å². The number of hydrogen-bond acceptors (Lipinski definition) is 6. The maximum absolute atomic E-state index is 12.0. The van der Waals surface area contributed by atoms with Gasteiger partial charge in [0.2, 0.25) is 5.13 Å². The van der Waals surface area contributed by atoms with Gasteiger partial charge in [-0.25, -0.2) is 8.42 Å². The zero-order valence-electron chi connectivity index (χ0n) is 8.99. The van der Waals surface area contributed by atoms with Crippen LogP contribution in [0.3, 0.4) is 0 Å². The lowest BCUT2D eigenvalue weighted by Crippen LogP contribution is -2.12. The minimum atomic E-state index is -3.61. The lowest BCUT2D eigenvalue weighted by Gasteiger charge is -2.00. The van der Waals surface area contributed by atoms with Gasteiger partial charge in [-0.05, 0) is 6.07 Å². The summed E-state index contributed by atoms with van der Waals surface area (Å²) in [6, 6.07) is 1.53. The van der Waals surface area contributed by atoms with Gasteiger partial charge < -0.3 is 10.3 Å². The molecule has 0 unspecified atom stereocenters. The third kappa shape index (κ3) is 2.46. The highest BCUT2D eigenvalue weighted by Crippen LogP contribution is 2.18. The SMILES string of the molecule is Cn1cc(S(=O)(=O)Nc2nncs2)cc1CN. The molecule has 0 fully saturated rings. The highest BCUT2D eigenvalue weighted by Gasteiger charge is 2.18. The second-order valence-electron chi connectivity index (χ2n) is 3.33. The Labute approximate surface area is 102 Å². The highest BCUT2D eigenvalue weighted by molar-refractivity contribution is 7.93. The van der Waals surface area contributed by atoms with Crippen LogP contribution in [0.15, 0.2) is 22.7 Å². The molecule has 3 N–H and O–H groups in total. The maximum Gasteiger partial charge on any atom is 0.265 e. The zero-order valence-corrected chi connectivity index (χ0v) is 10.6. The largest absolute Gasteiger partial charge is 0.352 e. The zero-order chi connectivity index (χ0) is 12.5. The molecule has 0 aliphatic carbocycles. The van der Waals surface area contributed by atoms with E-state index in [1.165, 1.54) is 17.8 Å². The molecule has 2 rings (SSSR count). The Kier molecular flexibility index (Phi) is 3.13. The van der Waals surface area contributed by atoms with E-state index < -0.39 is 10.0 Å². The summed E-state index contributed by atoms with van der Waals surface area (Å²) in [5, 5.41) is 7.42. The molecule has 0 saturated heterocycles. The molecule has 0 aromatic carbocycles. The molecule has 0 aliphatic heterocycles. The molecule has 2 aromatic heterocycles. The smallest absolute Gasteiger partial charge is 0.265 e. The van der Waals surface area contributed by atoms with Crippen molar-refractivity contribution in [2.45, 2.75) is 11.4 Å². The van der Waals surface area contributed by atoms with E-state index >= 15 is 0 Å². The van der Waals surface area contributed by atoms with Crippen LogP contribution in [0.25, 0.3) is 0 Å². The van der Waals surface area contributed by atoms with Gasteiger partial charge in [-0.1, -0.05) is 11.3 Å². The summed E-state index contributed by atoms with van der Waals surface area (Å²) in [7, 11) is -1.87. The van der Waals surface area contributed by atoms with Gasteiger partial charge in [-0.2, -0.15) is 0 Å². The second kappa shape index (κ2) is 4.43. The summed E-state index contributed by atoms with van der Waals surface area (Å²) < 4.78 is 27.9. The van der Waals surface area contributed by atoms with Crippen molar-refractivity contribution in [2.24, 2.45) is 12.8 Å². The Balaban J connectivity index is 2.31. The summed E-state index contributed by atoms with van der Waals surface area (Å²) in [6.45, 7) is 0.283. The van der Waals surface area contributed by atoms with Crippen LogP contribution in [0.5, 0.6) is 0 Å². The molecule has 9 heteroatoms. The Morgan fingerprint density at radius 3 is 2.88 bits per heavy atom. The third-order valence-corrected chi connectivity index (χ3v) is 4.23. The van der Waals surface area contributed by atoms with Crippen molar-refractivity contribution >= 4 is 26.5 Å². The quantitative estimate of drug-likeness (QED) is 0.824. The van der Waals surface area contributed by atoms with E-state index in [0.29, 0.717) is 0 Å². The van der Waals surface area contributed by atoms with Gasteiger partial charge in [0.05, 0.1) is 0 Å². The Hall–Kier alpha value is -1.45. The van der Waals surface area contributed by atoms with E-state index in [9.17, 15) is 8.42 Å². The van der Waals surface area contributed by atoms with Crippen molar-refractivity contribution in [2.75, 3.05) is 4.72 Å². The van der Waals surface area contributed by atoms with Crippen LogP contribution in [-0.4, -0.2) is 23.2 Å². The standard InChI is InChI=1S/C8H11N5O2S2/c1-13-4-7(2-6(13)3-9)17(14,15)12-8-11-10-5-16-8/h2,4-5H,3,9H2,1H3,(H,11,12). The molecule has 0 spiro atoms. The molecule has 92 valence electrons. The van der Waals surface area contributed by atoms with Gasteiger partial charge in [-0.15, -0.1) is 10.2 Å². The predicted molar refractivity (Wildman–Crippen MR) is 64.0 cm³/mol. The highest BCUT2D eigenvalue weighted by atomic mass is 32.2. The van der Waals surface area contributed by atoms with Crippen molar-refractivity contribution < 1.29 is 8.42 Å². The van der Waals surface area contributed by atoms with E-state index in [4.69, 9.17) is 5.73 Å². The molecule has 2 heterocycles. The molecule has 0 saturated carbocycles. The summed E-state index contributed by atoms with van der Waals surface area (Å²) in [5.74, 6) is 0. The van der Waals surface area contributed by atoms with Crippen LogP contribution in [0.1, 0.15) is 5.69 Å². The van der Waals surface area contributed by atoms with E-state index in [2.05, 4.69) is 14.9 Å². The summed E-state index contributed by atoms with van der Waals surface area (Å²) in [4.78, 5) is 0.163. The maximum atomic E-state index is 12.0. The fraction of sp³-hybridized carbons (Fsp3) is 0.250. The number of nitrogens with one attached hydrogen (secondary N) is 1. The van der Waals surface area contributed by atoms with Gasteiger partial charge >= 0.3 is 0 Å². The molecule has 0 atom stereocenters. The number of nitrogens with zero attached hydrogens (tertiary/aromatic N) is 3. The molecule has 0 amide bonds. The van der Waals surface area contributed by atoms with Gasteiger partial charge in [-0.3, -0.25) is 4.72 Å². The summed E-state index contributed by atoms with van der Waals surface area (Å²) in [6.07, 6.45) is 1.51. The molecule has 2 aromatic rings. The fourth-order valence-electron chi connectivity index (χ4n) is 1.32. The number of hydrogen-bond donors (Lipinski definition) is 2. The molecule has 0 aliphatic rings. The van der Waals surface area contributed by atoms with Crippen molar-refractivity contribution in [1.29, 1.82) is 0 Å².